The summed E-state index contributed by atoms with van der Waals surface area (Å²) >= 11 is 0. The number of hydrogen-bond acceptors (Lipinski definition) is 6. The fraction of sp³-hybridized carbons (Fsp3) is 0.650. The van der Waals surface area contributed by atoms with Crippen molar-refractivity contribution < 1.29 is 19.7 Å². The lowest BCUT2D eigenvalue weighted by molar-refractivity contribution is 0.0778. The molecular weight excluding hydrogens is 346 g/mol. The third-order valence-electron chi connectivity index (χ3n) is 5.83. The van der Waals surface area contributed by atoms with E-state index in [0.717, 1.165) is 39.1 Å². The molecule has 0 unspecified atom stereocenters. The lowest BCUT2D eigenvalue weighted by Crippen LogP contribution is -2.36. The Morgan fingerprint density at radius 3 is 2.67 bits per heavy atom. The van der Waals surface area contributed by atoms with Gasteiger partial charge in [-0.15, -0.1) is 0 Å². The molecule has 2 saturated heterocycles. The highest BCUT2D eigenvalue weighted by molar-refractivity contribution is 5.95. The van der Waals surface area contributed by atoms with Gasteiger partial charge in [0.05, 0.1) is 7.11 Å². The number of benzene rings is 1. The minimum absolute atomic E-state index is 0.0357. The predicted octanol–water partition coefficient (Wildman–Crippen LogP) is 0.719. The van der Waals surface area contributed by atoms with E-state index in [0.29, 0.717) is 24.4 Å². The molecule has 2 aliphatic heterocycles. The molecule has 0 saturated carbocycles. The first-order valence-electron chi connectivity index (χ1n) is 9.70. The standard InChI is InChI=1S/C20H31N3O4/c1-21-6-3-7-22(9-8-21)11-16-12-23(13-17(16)14-24)20(26)15-4-5-19(27-2)18(25)10-15/h4-5,10,16-17,24-25H,3,6-9,11-14H2,1-2H3/t16-,17-/m1/s1. The minimum atomic E-state index is -0.107. The van der Waals surface area contributed by atoms with Crippen LogP contribution in [0.4, 0.5) is 0 Å². The summed E-state index contributed by atoms with van der Waals surface area (Å²) in [6.45, 7) is 6.49. The van der Waals surface area contributed by atoms with Gasteiger partial charge in [-0.3, -0.25) is 4.79 Å². The van der Waals surface area contributed by atoms with Crippen molar-refractivity contribution >= 4 is 5.91 Å². The summed E-state index contributed by atoms with van der Waals surface area (Å²) in [4.78, 5) is 19.5. The average molecular weight is 377 g/mol. The van der Waals surface area contributed by atoms with E-state index in [1.165, 1.54) is 13.2 Å². The molecule has 0 aromatic heterocycles. The normalized spacial score (nSPS) is 24.8. The van der Waals surface area contributed by atoms with Gasteiger partial charge in [-0.1, -0.05) is 0 Å². The number of rotatable bonds is 5. The van der Waals surface area contributed by atoms with Gasteiger partial charge in [-0.25, -0.2) is 0 Å². The number of nitrogens with zero attached hydrogens (tertiary/aromatic N) is 3. The smallest absolute Gasteiger partial charge is 0.254 e. The second-order valence-corrected chi connectivity index (χ2v) is 7.76. The second-order valence-electron chi connectivity index (χ2n) is 7.76. The largest absolute Gasteiger partial charge is 0.504 e. The summed E-state index contributed by atoms with van der Waals surface area (Å²) in [6.07, 6.45) is 1.15. The van der Waals surface area contributed by atoms with E-state index < -0.39 is 0 Å². The number of likely N-dealkylation sites (N-methyl/N-ethyl adjacent to an activating group) is 1. The van der Waals surface area contributed by atoms with Gasteiger partial charge >= 0.3 is 0 Å². The monoisotopic (exact) mass is 377 g/mol. The first kappa shape index (κ1) is 19.9. The molecule has 2 fully saturated rings. The van der Waals surface area contributed by atoms with Crippen molar-refractivity contribution in [1.82, 2.24) is 14.7 Å². The zero-order valence-electron chi connectivity index (χ0n) is 16.3. The van der Waals surface area contributed by atoms with Gasteiger partial charge in [-0.2, -0.15) is 0 Å². The van der Waals surface area contributed by atoms with Crippen LogP contribution in [0, 0.1) is 11.8 Å². The van der Waals surface area contributed by atoms with Gasteiger partial charge in [-0.05, 0) is 50.7 Å². The van der Waals surface area contributed by atoms with Crippen LogP contribution in [0.25, 0.3) is 0 Å². The fourth-order valence-electron chi connectivity index (χ4n) is 4.14. The van der Waals surface area contributed by atoms with Crippen molar-refractivity contribution in [2.75, 3.05) is 66.6 Å². The topological polar surface area (TPSA) is 76.5 Å². The molecule has 1 aromatic rings. The number of hydrogen-bond donors (Lipinski definition) is 2. The second kappa shape index (κ2) is 8.91. The molecule has 2 N–H and O–H groups in total. The molecule has 7 nitrogen and oxygen atoms in total. The molecule has 2 heterocycles. The van der Waals surface area contributed by atoms with Gasteiger partial charge in [0.25, 0.3) is 5.91 Å². The number of carbonyl (C=O) groups is 1. The third-order valence-corrected chi connectivity index (χ3v) is 5.83. The van der Waals surface area contributed by atoms with Crippen LogP contribution in [0.2, 0.25) is 0 Å². The van der Waals surface area contributed by atoms with Crippen LogP contribution in [0.3, 0.4) is 0 Å². The van der Waals surface area contributed by atoms with Crippen molar-refractivity contribution in [1.29, 1.82) is 0 Å². The number of carbonyl (C=O) groups excluding carboxylic acids is 1. The molecule has 0 spiro atoms. The summed E-state index contributed by atoms with van der Waals surface area (Å²) in [6, 6.07) is 4.73. The summed E-state index contributed by atoms with van der Waals surface area (Å²) in [7, 11) is 3.63. The molecule has 3 rings (SSSR count). The summed E-state index contributed by atoms with van der Waals surface area (Å²) in [5, 5.41) is 19.8. The van der Waals surface area contributed by atoms with E-state index in [4.69, 9.17) is 4.74 Å². The lowest BCUT2D eigenvalue weighted by atomic mass is 9.96. The first-order chi connectivity index (χ1) is 13.0. The van der Waals surface area contributed by atoms with Crippen molar-refractivity contribution in [3.05, 3.63) is 23.8 Å². The Kier molecular flexibility index (Phi) is 6.57. The maximum Gasteiger partial charge on any atom is 0.254 e. The molecule has 0 bridgehead atoms. The number of likely N-dealkylation sites (tertiary alicyclic amines) is 1. The molecular formula is C20H31N3O4. The molecule has 0 aliphatic carbocycles. The Balaban J connectivity index is 1.64. The van der Waals surface area contributed by atoms with Crippen molar-refractivity contribution in [3.8, 4) is 11.5 Å². The Morgan fingerprint density at radius 1 is 1.19 bits per heavy atom. The Hall–Kier alpha value is -1.83. The molecule has 1 aromatic carbocycles. The predicted molar refractivity (Wildman–Crippen MR) is 103 cm³/mol. The molecule has 7 heteroatoms. The van der Waals surface area contributed by atoms with Crippen molar-refractivity contribution in [2.24, 2.45) is 11.8 Å². The van der Waals surface area contributed by atoms with Crippen LogP contribution in [-0.2, 0) is 0 Å². The first-order valence-corrected chi connectivity index (χ1v) is 9.70. The maximum absolute atomic E-state index is 12.9. The number of phenolic OH excluding ortho intramolecular Hbond substituents is 1. The summed E-state index contributed by atoms with van der Waals surface area (Å²) < 4.78 is 5.04. The van der Waals surface area contributed by atoms with Gasteiger partial charge in [0.2, 0.25) is 0 Å². The lowest BCUT2D eigenvalue weighted by Gasteiger charge is -2.26. The number of aliphatic hydroxyl groups is 1. The van der Waals surface area contributed by atoms with E-state index in [2.05, 4.69) is 16.8 Å². The van der Waals surface area contributed by atoms with Crippen LogP contribution in [0.15, 0.2) is 18.2 Å². The highest BCUT2D eigenvalue weighted by Crippen LogP contribution is 2.29. The number of amides is 1. The summed E-state index contributed by atoms with van der Waals surface area (Å²) in [5.74, 6) is 0.581. The van der Waals surface area contributed by atoms with E-state index in [-0.39, 0.29) is 30.1 Å². The van der Waals surface area contributed by atoms with Crippen LogP contribution in [-0.4, -0.2) is 97.4 Å². The van der Waals surface area contributed by atoms with Gasteiger partial charge in [0.15, 0.2) is 11.5 Å². The Labute approximate surface area is 161 Å². The van der Waals surface area contributed by atoms with Crippen LogP contribution < -0.4 is 4.74 Å². The van der Waals surface area contributed by atoms with Crippen LogP contribution in [0.5, 0.6) is 11.5 Å². The summed E-state index contributed by atoms with van der Waals surface area (Å²) in [5.41, 5.74) is 0.446. The number of aliphatic hydroxyl groups excluding tert-OH is 1. The molecule has 0 radical (unpaired) electrons. The maximum atomic E-state index is 12.9. The Morgan fingerprint density at radius 2 is 1.96 bits per heavy atom. The van der Waals surface area contributed by atoms with Crippen LogP contribution >= 0.6 is 0 Å². The van der Waals surface area contributed by atoms with Gasteiger partial charge < -0.3 is 29.6 Å². The SMILES string of the molecule is COc1ccc(C(=O)N2C[C@@H](CN3CCCN(C)CC3)[C@@H](CO)C2)cc1O. The van der Waals surface area contributed by atoms with Crippen molar-refractivity contribution in [3.63, 3.8) is 0 Å². The molecule has 27 heavy (non-hydrogen) atoms. The molecule has 1 amide bonds. The number of phenols is 1. The third kappa shape index (κ3) is 4.72. The zero-order chi connectivity index (χ0) is 19.4. The van der Waals surface area contributed by atoms with Crippen molar-refractivity contribution in [2.45, 2.75) is 6.42 Å². The highest BCUT2D eigenvalue weighted by Gasteiger charge is 2.36. The highest BCUT2D eigenvalue weighted by atomic mass is 16.5. The van der Waals surface area contributed by atoms with Crippen LogP contribution in [0.1, 0.15) is 16.8 Å². The van der Waals surface area contributed by atoms with E-state index >= 15 is 0 Å². The number of aromatic hydroxyl groups is 1. The van der Waals surface area contributed by atoms with Gasteiger partial charge in [0, 0.05) is 50.8 Å². The average Bonchev–Trinajstić information content (AvgIpc) is 2.96. The minimum Gasteiger partial charge on any atom is -0.504 e. The quantitative estimate of drug-likeness (QED) is 0.788. The molecule has 2 atom stereocenters. The molecule has 150 valence electrons. The van der Waals surface area contributed by atoms with Gasteiger partial charge in [0.1, 0.15) is 0 Å². The molecule has 2 aliphatic rings. The van der Waals surface area contributed by atoms with E-state index in [1.54, 1.807) is 17.0 Å². The van der Waals surface area contributed by atoms with E-state index in [9.17, 15) is 15.0 Å². The zero-order valence-corrected chi connectivity index (χ0v) is 16.3. The Bertz CT molecular complexity index is 654. The number of ether oxygens (including phenoxy) is 1. The number of methoxy groups -OCH3 is 1. The fourth-order valence-corrected chi connectivity index (χ4v) is 4.14. The van der Waals surface area contributed by atoms with E-state index in [1.807, 2.05) is 0 Å².